The Hall–Kier alpha value is -2.92. The largest absolute Gasteiger partial charge is 0.504 e. The minimum absolute atomic E-state index is 0.0116. The molecule has 3 N–H and O–H groups in total. The first-order chi connectivity index (χ1) is 15.0. The summed E-state index contributed by atoms with van der Waals surface area (Å²) in [6, 6.07) is 8.89. The van der Waals surface area contributed by atoms with Gasteiger partial charge in [0.2, 0.25) is 0 Å². The Morgan fingerprint density at radius 1 is 1.29 bits per heavy atom. The number of nitrogens with one attached hydrogen (secondary N) is 2. The number of phenols is 1. The van der Waals surface area contributed by atoms with Gasteiger partial charge in [0.15, 0.2) is 5.75 Å². The van der Waals surface area contributed by atoms with Crippen molar-refractivity contribution >= 4 is 30.4 Å². The Kier molecular flexibility index (Phi) is 19.9. The van der Waals surface area contributed by atoms with Gasteiger partial charge in [0, 0.05) is 13.8 Å². The lowest BCUT2D eigenvalue weighted by atomic mass is 10.2. The third-order valence-corrected chi connectivity index (χ3v) is 3.79. The van der Waals surface area contributed by atoms with E-state index in [1.54, 1.807) is 31.5 Å². The van der Waals surface area contributed by atoms with E-state index in [-0.39, 0.29) is 11.3 Å². The van der Waals surface area contributed by atoms with Crippen LogP contribution in [0.25, 0.3) is 0 Å². The lowest BCUT2D eigenvalue weighted by molar-refractivity contribution is 0.476. The van der Waals surface area contributed by atoms with Crippen LogP contribution < -0.4 is 10.0 Å². The van der Waals surface area contributed by atoms with Crippen LogP contribution >= 0.6 is 12.1 Å². The Labute approximate surface area is 192 Å². The topological polar surface area (TPSA) is 106 Å². The average Bonchev–Trinajstić information content (AvgIpc) is 3.27. The lowest BCUT2D eigenvalue weighted by Gasteiger charge is -2.02. The van der Waals surface area contributed by atoms with Gasteiger partial charge in [-0.1, -0.05) is 47.1 Å². The van der Waals surface area contributed by atoms with E-state index >= 15 is 0 Å². The monoisotopic (exact) mass is 447 g/mol. The number of aliphatic imine (C=N–C) groups is 1. The van der Waals surface area contributed by atoms with Crippen LogP contribution in [-0.2, 0) is 13.0 Å². The van der Waals surface area contributed by atoms with Gasteiger partial charge in [-0.05, 0) is 37.1 Å². The van der Waals surface area contributed by atoms with Crippen LogP contribution in [-0.4, -0.2) is 24.7 Å². The number of para-hydroxylation sites is 1. The van der Waals surface area contributed by atoms with Gasteiger partial charge in [-0.3, -0.25) is 9.71 Å². The molecule has 7 nitrogen and oxygen atoms in total. The van der Waals surface area contributed by atoms with E-state index in [4.69, 9.17) is 9.68 Å². The quantitative estimate of drug-likeness (QED) is 0.206. The van der Waals surface area contributed by atoms with Crippen LogP contribution in [0.4, 0.5) is 5.69 Å². The molecule has 31 heavy (non-hydrogen) atoms. The fraction of sp³-hybridized carbons (Fsp3) is 0.435. The number of furan rings is 1. The summed E-state index contributed by atoms with van der Waals surface area (Å²) in [6.45, 7) is 16.1. The third kappa shape index (κ3) is 13.8. The number of aryl methyl sites for hydroxylation is 1. The zero-order chi connectivity index (χ0) is 24.1. The van der Waals surface area contributed by atoms with Crippen LogP contribution in [0.1, 0.15) is 64.9 Å². The predicted molar refractivity (Wildman–Crippen MR) is 135 cm³/mol. The van der Waals surface area contributed by atoms with E-state index in [0.717, 1.165) is 30.2 Å². The summed E-state index contributed by atoms with van der Waals surface area (Å²) in [5.41, 5.74) is 2.06. The fourth-order valence-electron chi connectivity index (χ4n) is 1.86. The molecular weight excluding hydrogens is 410 g/mol. The zero-order valence-corrected chi connectivity index (χ0v) is 20.6. The van der Waals surface area contributed by atoms with Crippen LogP contribution in [0.5, 0.6) is 5.75 Å². The highest BCUT2D eigenvalue weighted by Gasteiger charge is 2.03. The van der Waals surface area contributed by atoms with Crippen LogP contribution in [0.15, 0.2) is 44.3 Å². The van der Waals surface area contributed by atoms with Crippen molar-refractivity contribution in [2.45, 2.75) is 60.9 Å². The fourth-order valence-corrected chi connectivity index (χ4v) is 2.12. The summed E-state index contributed by atoms with van der Waals surface area (Å²) in [6.07, 6.45) is 4.01. The highest BCUT2D eigenvalue weighted by Crippen LogP contribution is 2.25. The number of anilines is 1. The molecule has 0 aliphatic carbocycles. The van der Waals surface area contributed by atoms with E-state index in [1.165, 1.54) is 12.0 Å². The summed E-state index contributed by atoms with van der Waals surface area (Å²) in [7, 11) is 1.69. The van der Waals surface area contributed by atoms with E-state index < -0.39 is 0 Å². The molecule has 1 aromatic heterocycles. The second-order valence-corrected chi connectivity index (χ2v) is 6.41. The van der Waals surface area contributed by atoms with Crippen molar-refractivity contribution < 1.29 is 9.52 Å². The van der Waals surface area contributed by atoms with Crippen molar-refractivity contribution in [3.05, 3.63) is 47.4 Å². The molecule has 0 saturated carbocycles. The van der Waals surface area contributed by atoms with E-state index in [2.05, 4.69) is 46.9 Å². The Morgan fingerprint density at radius 2 is 1.94 bits per heavy atom. The standard InChI is InChI=1S/C10H15N3OS.C8H8N2O.C3H8.C2H6/c1-4-9-5-10(14-7-9)6-12-8(2)13-15-11-3;1-10-7-4-2-3-6(5-9)8(7)11;1-3-2;1-2/h5,7H,3-4,6H2,1-2H3,(H,12,13);2-4,10-11H,1H3;3H2,1-2H3;1-2H3. The number of nitrogens with zero attached hydrogens (tertiary/aromatic N) is 3. The smallest absolute Gasteiger partial charge is 0.156 e. The Bertz CT molecular complexity index is 798. The first-order valence-electron chi connectivity index (χ1n) is 10.3. The molecule has 0 aliphatic rings. The van der Waals surface area contributed by atoms with E-state index in [1.807, 2.05) is 32.9 Å². The second-order valence-electron chi connectivity index (χ2n) is 5.77. The number of amidine groups is 1. The molecule has 1 aromatic carbocycles. The molecular formula is C23H37N5O2S. The van der Waals surface area contributed by atoms with Gasteiger partial charge >= 0.3 is 0 Å². The molecule has 0 amide bonds. The molecule has 1 heterocycles. The third-order valence-electron chi connectivity index (χ3n) is 3.27. The molecule has 0 radical (unpaired) electrons. The van der Waals surface area contributed by atoms with Crippen LogP contribution in [0.3, 0.4) is 0 Å². The minimum atomic E-state index is 0.0116. The summed E-state index contributed by atoms with van der Waals surface area (Å²) < 4.78 is 11.9. The minimum Gasteiger partial charge on any atom is -0.504 e. The average molecular weight is 448 g/mol. The lowest BCUT2D eigenvalue weighted by Crippen LogP contribution is -2.10. The number of phenolic OH excluding ortho intramolecular Hbond substituents is 1. The number of rotatable bonds is 6. The predicted octanol–water partition coefficient (Wildman–Crippen LogP) is 6.36. The molecule has 0 atom stereocenters. The SMILES string of the molecule is C=NSNC(C)=NCc1cc(CC)co1.CC.CCC.CNc1cccc(C#N)c1O. The van der Waals surface area contributed by atoms with Gasteiger partial charge in [-0.2, -0.15) is 5.26 Å². The van der Waals surface area contributed by atoms with Crippen molar-refractivity contribution in [1.82, 2.24) is 4.72 Å². The number of aromatic hydroxyl groups is 1. The van der Waals surface area contributed by atoms with E-state index in [0.29, 0.717) is 12.2 Å². The van der Waals surface area contributed by atoms with Gasteiger partial charge in [0.1, 0.15) is 17.7 Å². The van der Waals surface area contributed by atoms with Crippen LogP contribution in [0, 0.1) is 11.3 Å². The molecule has 172 valence electrons. The van der Waals surface area contributed by atoms with Gasteiger partial charge in [-0.25, -0.2) is 4.40 Å². The molecule has 0 fully saturated rings. The van der Waals surface area contributed by atoms with Crippen molar-refractivity contribution in [2.24, 2.45) is 9.39 Å². The highest BCUT2D eigenvalue weighted by atomic mass is 32.2. The van der Waals surface area contributed by atoms with Crippen molar-refractivity contribution in [3.63, 3.8) is 0 Å². The summed E-state index contributed by atoms with van der Waals surface area (Å²) in [5.74, 6) is 1.70. The number of nitriles is 1. The Balaban J connectivity index is 0. The van der Waals surface area contributed by atoms with Gasteiger partial charge < -0.3 is 14.8 Å². The first kappa shape index (κ1) is 30.3. The maximum Gasteiger partial charge on any atom is 0.156 e. The molecule has 2 aromatic rings. The molecule has 0 aliphatic heterocycles. The van der Waals surface area contributed by atoms with E-state index in [9.17, 15) is 5.11 Å². The second kappa shape index (κ2) is 20.4. The molecule has 0 unspecified atom stereocenters. The maximum atomic E-state index is 9.30. The maximum absolute atomic E-state index is 9.30. The molecule has 8 heteroatoms. The molecule has 0 saturated heterocycles. The van der Waals surface area contributed by atoms with Gasteiger partial charge in [-0.15, -0.1) is 0 Å². The summed E-state index contributed by atoms with van der Waals surface area (Å²) in [5, 5.41) is 20.6. The molecule has 0 spiro atoms. The number of hydrogen-bond acceptors (Lipinski definition) is 7. The first-order valence-corrected chi connectivity index (χ1v) is 11.1. The number of hydrogen-bond donors (Lipinski definition) is 3. The van der Waals surface area contributed by atoms with Crippen molar-refractivity contribution in [1.29, 1.82) is 5.26 Å². The zero-order valence-electron chi connectivity index (χ0n) is 19.8. The number of benzene rings is 1. The summed E-state index contributed by atoms with van der Waals surface area (Å²) in [4.78, 5) is 4.28. The molecule has 0 bridgehead atoms. The van der Waals surface area contributed by atoms with Gasteiger partial charge in [0.25, 0.3) is 0 Å². The normalized spacial score (nSPS) is 9.42. The Morgan fingerprint density at radius 3 is 2.42 bits per heavy atom. The van der Waals surface area contributed by atoms with Gasteiger partial charge in [0.05, 0.1) is 36.2 Å². The highest BCUT2D eigenvalue weighted by molar-refractivity contribution is 7.96. The van der Waals surface area contributed by atoms with Crippen LogP contribution in [0.2, 0.25) is 0 Å². The van der Waals surface area contributed by atoms with Crippen molar-refractivity contribution in [3.8, 4) is 11.8 Å². The van der Waals surface area contributed by atoms with Crippen molar-refractivity contribution in [2.75, 3.05) is 12.4 Å². The molecule has 2 rings (SSSR count). The summed E-state index contributed by atoms with van der Waals surface area (Å²) >= 11 is 1.16.